The predicted molar refractivity (Wildman–Crippen MR) is 51.6 cm³/mol. The van der Waals surface area contributed by atoms with Gasteiger partial charge in [0, 0.05) is 12.6 Å². The van der Waals surface area contributed by atoms with Gasteiger partial charge in [0.15, 0.2) is 0 Å². The summed E-state index contributed by atoms with van der Waals surface area (Å²) in [5.41, 5.74) is 0. The van der Waals surface area contributed by atoms with Crippen LogP contribution in [0.3, 0.4) is 0 Å². The molecule has 0 aliphatic heterocycles. The molecule has 0 bridgehead atoms. The number of nitrogens with one attached hydrogen (secondary N) is 1. The van der Waals surface area contributed by atoms with E-state index in [1.165, 1.54) is 0 Å². The van der Waals surface area contributed by atoms with Gasteiger partial charge in [0.2, 0.25) is 0 Å². The van der Waals surface area contributed by atoms with Gasteiger partial charge in [0.05, 0.1) is 5.92 Å². The molecule has 0 aromatic carbocycles. The van der Waals surface area contributed by atoms with Gasteiger partial charge in [0.25, 0.3) is 0 Å². The van der Waals surface area contributed by atoms with Crippen LogP contribution in [-0.4, -0.2) is 23.7 Å². The van der Waals surface area contributed by atoms with Crippen molar-refractivity contribution >= 4 is 5.97 Å². The Kier molecular flexibility index (Phi) is 3.96. The van der Waals surface area contributed by atoms with Crippen LogP contribution in [0.5, 0.6) is 0 Å². The second kappa shape index (κ2) is 5.02. The summed E-state index contributed by atoms with van der Waals surface area (Å²) in [6, 6.07) is 0.143. The lowest BCUT2D eigenvalue weighted by Gasteiger charge is -2.28. The van der Waals surface area contributed by atoms with Gasteiger partial charge in [-0.3, -0.25) is 4.79 Å². The van der Waals surface area contributed by atoms with E-state index in [1.54, 1.807) is 6.08 Å². The van der Waals surface area contributed by atoms with E-state index in [-0.39, 0.29) is 12.0 Å². The number of aliphatic carboxylic acids is 1. The molecule has 0 aromatic rings. The third-order valence-corrected chi connectivity index (χ3v) is 2.61. The van der Waals surface area contributed by atoms with Crippen LogP contribution in [0, 0.1) is 5.92 Å². The highest BCUT2D eigenvalue weighted by atomic mass is 16.4. The van der Waals surface area contributed by atoms with Crippen molar-refractivity contribution in [3.05, 3.63) is 12.7 Å². The molecule has 0 spiro atoms. The van der Waals surface area contributed by atoms with Crippen LogP contribution < -0.4 is 5.32 Å². The van der Waals surface area contributed by atoms with E-state index >= 15 is 0 Å². The molecule has 0 aromatic heterocycles. The van der Waals surface area contributed by atoms with Crippen LogP contribution in [-0.2, 0) is 4.79 Å². The molecule has 3 heteroatoms. The van der Waals surface area contributed by atoms with Crippen molar-refractivity contribution in [2.24, 2.45) is 5.92 Å². The normalized spacial score (nSPS) is 28.3. The third-order valence-electron chi connectivity index (χ3n) is 2.61. The van der Waals surface area contributed by atoms with E-state index < -0.39 is 5.97 Å². The molecule has 1 aliphatic rings. The fourth-order valence-corrected chi connectivity index (χ4v) is 1.91. The van der Waals surface area contributed by atoms with Gasteiger partial charge in [-0.05, 0) is 12.8 Å². The van der Waals surface area contributed by atoms with Crippen molar-refractivity contribution in [3.63, 3.8) is 0 Å². The van der Waals surface area contributed by atoms with Crippen molar-refractivity contribution in [1.82, 2.24) is 5.32 Å². The van der Waals surface area contributed by atoms with E-state index in [9.17, 15) is 4.79 Å². The topological polar surface area (TPSA) is 49.3 Å². The second-order valence-electron chi connectivity index (χ2n) is 3.53. The first-order valence-electron chi connectivity index (χ1n) is 4.82. The van der Waals surface area contributed by atoms with E-state index in [0.717, 1.165) is 25.7 Å². The minimum atomic E-state index is -0.665. The molecular weight excluding hydrogens is 166 g/mol. The smallest absolute Gasteiger partial charge is 0.308 e. The maximum Gasteiger partial charge on any atom is 0.308 e. The largest absolute Gasteiger partial charge is 0.481 e. The maximum absolute atomic E-state index is 10.9. The van der Waals surface area contributed by atoms with Gasteiger partial charge in [-0.15, -0.1) is 6.58 Å². The zero-order valence-electron chi connectivity index (χ0n) is 7.83. The van der Waals surface area contributed by atoms with Gasteiger partial charge < -0.3 is 10.4 Å². The van der Waals surface area contributed by atoms with Crippen LogP contribution in [0.2, 0.25) is 0 Å². The molecule has 2 atom stereocenters. The Morgan fingerprint density at radius 2 is 2.23 bits per heavy atom. The van der Waals surface area contributed by atoms with Crippen molar-refractivity contribution in [1.29, 1.82) is 0 Å². The Morgan fingerprint density at radius 1 is 1.54 bits per heavy atom. The fourth-order valence-electron chi connectivity index (χ4n) is 1.91. The Bertz CT molecular complexity index is 191. The molecule has 2 N–H and O–H groups in total. The molecule has 13 heavy (non-hydrogen) atoms. The lowest BCUT2D eigenvalue weighted by molar-refractivity contribution is -0.143. The molecule has 1 rings (SSSR count). The monoisotopic (exact) mass is 183 g/mol. The van der Waals surface area contributed by atoms with E-state index in [4.69, 9.17) is 5.11 Å². The molecule has 2 unspecified atom stereocenters. The number of rotatable bonds is 4. The summed E-state index contributed by atoms with van der Waals surface area (Å²) in [7, 11) is 0. The van der Waals surface area contributed by atoms with Crippen LogP contribution in [0.25, 0.3) is 0 Å². The number of carboxylic acid groups (broad SMARTS) is 1. The minimum Gasteiger partial charge on any atom is -0.481 e. The Balaban J connectivity index is 2.46. The maximum atomic E-state index is 10.9. The molecule has 1 saturated carbocycles. The van der Waals surface area contributed by atoms with Crippen molar-refractivity contribution < 1.29 is 9.90 Å². The van der Waals surface area contributed by atoms with E-state index in [0.29, 0.717) is 6.54 Å². The summed E-state index contributed by atoms with van der Waals surface area (Å²) < 4.78 is 0. The quantitative estimate of drug-likeness (QED) is 0.648. The molecular formula is C10H17NO2. The Morgan fingerprint density at radius 3 is 2.85 bits per heavy atom. The zero-order valence-corrected chi connectivity index (χ0v) is 7.83. The first kappa shape index (κ1) is 10.3. The van der Waals surface area contributed by atoms with Gasteiger partial charge >= 0.3 is 5.97 Å². The van der Waals surface area contributed by atoms with Gasteiger partial charge in [-0.25, -0.2) is 0 Å². The van der Waals surface area contributed by atoms with Crippen LogP contribution >= 0.6 is 0 Å². The molecule has 1 aliphatic carbocycles. The summed E-state index contributed by atoms with van der Waals surface area (Å²) in [5, 5.41) is 12.1. The predicted octanol–water partition coefficient (Wildman–Crippen LogP) is 1.41. The van der Waals surface area contributed by atoms with Crippen molar-refractivity contribution in [2.75, 3.05) is 6.54 Å². The third kappa shape index (κ3) is 2.84. The number of carboxylic acids is 1. The Hall–Kier alpha value is -0.830. The van der Waals surface area contributed by atoms with Crippen LogP contribution in [0.15, 0.2) is 12.7 Å². The van der Waals surface area contributed by atoms with E-state index in [1.807, 2.05) is 0 Å². The summed E-state index contributed by atoms with van der Waals surface area (Å²) in [6.45, 7) is 4.31. The van der Waals surface area contributed by atoms with Gasteiger partial charge in [-0.2, -0.15) is 0 Å². The number of carbonyl (C=O) groups is 1. The molecule has 0 heterocycles. The summed E-state index contributed by atoms with van der Waals surface area (Å²) in [4.78, 5) is 10.9. The highest BCUT2D eigenvalue weighted by Gasteiger charge is 2.29. The first-order valence-corrected chi connectivity index (χ1v) is 4.82. The summed E-state index contributed by atoms with van der Waals surface area (Å²) in [6.07, 6.45) is 5.74. The van der Waals surface area contributed by atoms with E-state index in [2.05, 4.69) is 11.9 Å². The zero-order chi connectivity index (χ0) is 9.68. The average Bonchev–Trinajstić information content (AvgIpc) is 2.15. The van der Waals surface area contributed by atoms with Crippen molar-refractivity contribution in [3.8, 4) is 0 Å². The summed E-state index contributed by atoms with van der Waals surface area (Å²) in [5.74, 6) is -0.866. The molecule has 0 amide bonds. The first-order chi connectivity index (χ1) is 6.25. The minimum absolute atomic E-state index is 0.143. The summed E-state index contributed by atoms with van der Waals surface area (Å²) >= 11 is 0. The lowest BCUT2D eigenvalue weighted by Crippen LogP contribution is -2.42. The molecule has 1 fully saturated rings. The number of hydrogen-bond acceptors (Lipinski definition) is 2. The Labute approximate surface area is 78.8 Å². The molecule has 3 nitrogen and oxygen atoms in total. The average molecular weight is 183 g/mol. The highest BCUT2D eigenvalue weighted by Crippen LogP contribution is 2.24. The molecule has 0 radical (unpaired) electrons. The fraction of sp³-hybridized carbons (Fsp3) is 0.700. The second-order valence-corrected chi connectivity index (χ2v) is 3.53. The standard InChI is InChI=1S/C10H17NO2/c1-2-7-11-9-6-4-3-5-8(9)10(12)13/h2,8-9,11H,1,3-7H2,(H,12,13). The lowest BCUT2D eigenvalue weighted by atomic mass is 9.84. The van der Waals surface area contributed by atoms with Gasteiger partial charge in [0.1, 0.15) is 0 Å². The number of hydrogen-bond donors (Lipinski definition) is 2. The van der Waals surface area contributed by atoms with Gasteiger partial charge in [-0.1, -0.05) is 18.9 Å². The van der Waals surface area contributed by atoms with Crippen LogP contribution in [0.4, 0.5) is 0 Å². The molecule has 74 valence electrons. The van der Waals surface area contributed by atoms with Crippen molar-refractivity contribution in [2.45, 2.75) is 31.7 Å². The molecule has 0 saturated heterocycles. The van der Waals surface area contributed by atoms with Crippen LogP contribution in [0.1, 0.15) is 25.7 Å². The highest BCUT2D eigenvalue weighted by molar-refractivity contribution is 5.71. The SMILES string of the molecule is C=CCNC1CCCCC1C(=O)O.